The Hall–Kier alpha value is -3.07. The number of hydrogen-bond acceptors (Lipinski definition) is 3. The van der Waals surface area contributed by atoms with E-state index in [0.717, 1.165) is 29.7 Å². The molecule has 2 rings (SSSR count). The van der Waals surface area contributed by atoms with Crippen LogP contribution in [0.3, 0.4) is 0 Å². The van der Waals surface area contributed by atoms with Crippen molar-refractivity contribution in [3.63, 3.8) is 0 Å². The first-order valence-corrected chi connectivity index (χ1v) is 10.5. The van der Waals surface area contributed by atoms with Crippen LogP contribution in [-0.2, 0) is 6.42 Å². The molecule has 1 aromatic heterocycles. The van der Waals surface area contributed by atoms with Crippen molar-refractivity contribution < 1.29 is 0 Å². The van der Waals surface area contributed by atoms with Crippen LogP contribution >= 0.6 is 0 Å². The van der Waals surface area contributed by atoms with Crippen LogP contribution < -0.4 is 4.90 Å². The molecule has 30 heavy (non-hydrogen) atoms. The third-order valence-corrected chi connectivity index (χ3v) is 5.30. The van der Waals surface area contributed by atoms with Crippen LogP contribution in [0.25, 0.3) is 16.7 Å². The van der Waals surface area contributed by atoms with Crippen LogP contribution in [0.5, 0.6) is 0 Å². The van der Waals surface area contributed by atoms with Gasteiger partial charge in [-0.3, -0.25) is 4.98 Å². The van der Waals surface area contributed by atoms with E-state index in [1.165, 1.54) is 16.8 Å². The Labute approximate surface area is 182 Å². The SMILES string of the molecule is C=C/C=C\C(=C/N(C)C(C)C)c1cncc(-c2ccc(N(C)CC)c(CC=C)c2)c1. The summed E-state index contributed by atoms with van der Waals surface area (Å²) in [5.74, 6) is 0. The summed E-state index contributed by atoms with van der Waals surface area (Å²) >= 11 is 0. The average molecular weight is 402 g/mol. The van der Waals surface area contributed by atoms with E-state index < -0.39 is 0 Å². The van der Waals surface area contributed by atoms with E-state index in [4.69, 9.17) is 0 Å². The lowest BCUT2D eigenvalue weighted by molar-refractivity contribution is 0.377. The maximum Gasteiger partial charge on any atom is 0.0399 e. The van der Waals surface area contributed by atoms with Gasteiger partial charge in [-0.25, -0.2) is 0 Å². The first kappa shape index (κ1) is 23.2. The number of benzene rings is 1. The van der Waals surface area contributed by atoms with Crippen molar-refractivity contribution in [3.05, 3.63) is 91.4 Å². The number of anilines is 1. The molecule has 0 N–H and O–H groups in total. The van der Waals surface area contributed by atoms with Crippen molar-refractivity contribution in [1.29, 1.82) is 0 Å². The Morgan fingerprint density at radius 3 is 2.50 bits per heavy atom. The summed E-state index contributed by atoms with van der Waals surface area (Å²) in [6.07, 6.45) is 14.6. The summed E-state index contributed by atoms with van der Waals surface area (Å²) in [6, 6.07) is 9.26. The summed E-state index contributed by atoms with van der Waals surface area (Å²) in [6.45, 7) is 15.2. The Bertz CT molecular complexity index is 921. The summed E-state index contributed by atoms with van der Waals surface area (Å²) in [5.41, 5.74) is 6.98. The van der Waals surface area contributed by atoms with E-state index in [1.807, 2.05) is 24.5 Å². The molecule has 0 radical (unpaired) electrons. The van der Waals surface area contributed by atoms with Gasteiger partial charge in [0.05, 0.1) is 0 Å². The second-order valence-corrected chi connectivity index (χ2v) is 7.75. The molecular formula is C27H35N3. The maximum atomic E-state index is 4.54. The minimum atomic E-state index is 0.415. The highest BCUT2D eigenvalue weighted by molar-refractivity contribution is 5.78. The fourth-order valence-electron chi connectivity index (χ4n) is 3.14. The fraction of sp³-hybridized carbons (Fsp3) is 0.296. The first-order valence-electron chi connectivity index (χ1n) is 10.5. The van der Waals surface area contributed by atoms with Crippen LogP contribution in [0, 0.1) is 0 Å². The van der Waals surface area contributed by atoms with Crippen LogP contribution in [0.4, 0.5) is 5.69 Å². The summed E-state index contributed by atoms with van der Waals surface area (Å²) in [5, 5.41) is 0. The molecule has 3 heteroatoms. The van der Waals surface area contributed by atoms with Gasteiger partial charge in [0.15, 0.2) is 0 Å². The largest absolute Gasteiger partial charge is 0.377 e. The predicted octanol–water partition coefficient (Wildman–Crippen LogP) is 6.36. The minimum absolute atomic E-state index is 0.415. The van der Waals surface area contributed by atoms with E-state index in [2.05, 4.69) is 99.3 Å². The second-order valence-electron chi connectivity index (χ2n) is 7.75. The molecule has 0 spiro atoms. The zero-order chi connectivity index (χ0) is 22.1. The van der Waals surface area contributed by atoms with E-state index in [1.54, 1.807) is 6.08 Å². The molecule has 0 bridgehead atoms. The number of pyridine rings is 1. The number of rotatable bonds is 10. The first-order chi connectivity index (χ1) is 14.4. The van der Waals surface area contributed by atoms with Crippen LogP contribution in [0.2, 0.25) is 0 Å². The minimum Gasteiger partial charge on any atom is -0.377 e. The third-order valence-electron chi connectivity index (χ3n) is 5.30. The van der Waals surface area contributed by atoms with E-state index >= 15 is 0 Å². The lowest BCUT2D eigenvalue weighted by Crippen LogP contribution is -2.20. The van der Waals surface area contributed by atoms with Crippen molar-refractivity contribution in [2.45, 2.75) is 33.2 Å². The van der Waals surface area contributed by atoms with Gasteiger partial charge in [0.25, 0.3) is 0 Å². The molecule has 2 aromatic rings. The molecule has 0 atom stereocenters. The smallest absolute Gasteiger partial charge is 0.0399 e. The Balaban J connectivity index is 2.51. The van der Waals surface area contributed by atoms with Gasteiger partial charge < -0.3 is 9.80 Å². The zero-order valence-corrected chi connectivity index (χ0v) is 19.1. The Morgan fingerprint density at radius 1 is 1.10 bits per heavy atom. The molecule has 0 aliphatic carbocycles. The molecule has 3 nitrogen and oxygen atoms in total. The highest BCUT2D eigenvalue weighted by Gasteiger charge is 2.10. The van der Waals surface area contributed by atoms with Crippen molar-refractivity contribution in [2.24, 2.45) is 0 Å². The highest BCUT2D eigenvalue weighted by atomic mass is 15.1. The van der Waals surface area contributed by atoms with Gasteiger partial charge in [0, 0.05) is 62.1 Å². The van der Waals surface area contributed by atoms with Gasteiger partial charge in [-0.15, -0.1) is 6.58 Å². The molecule has 0 fully saturated rings. The monoisotopic (exact) mass is 401 g/mol. The Kier molecular flexibility index (Phi) is 8.67. The van der Waals surface area contributed by atoms with Gasteiger partial charge in [-0.05, 0) is 62.1 Å². The zero-order valence-electron chi connectivity index (χ0n) is 19.1. The van der Waals surface area contributed by atoms with Crippen molar-refractivity contribution >= 4 is 11.3 Å². The summed E-state index contributed by atoms with van der Waals surface area (Å²) in [4.78, 5) is 9.01. The number of nitrogens with zero attached hydrogens (tertiary/aromatic N) is 3. The van der Waals surface area contributed by atoms with E-state index in [9.17, 15) is 0 Å². The third kappa shape index (κ3) is 5.96. The Morgan fingerprint density at radius 2 is 1.87 bits per heavy atom. The predicted molar refractivity (Wildman–Crippen MR) is 133 cm³/mol. The molecule has 0 amide bonds. The van der Waals surface area contributed by atoms with Crippen LogP contribution in [0.1, 0.15) is 31.9 Å². The van der Waals surface area contributed by atoms with Gasteiger partial charge >= 0.3 is 0 Å². The van der Waals surface area contributed by atoms with Gasteiger partial charge in [-0.2, -0.15) is 0 Å². The summed E-state index contributed by atoms with van der Waals surface area (Å²) in [7, 11) is 4.21. The highest BCUT2D eigenvalue weighted by Crippen LogP contribution is 2.29. The lowest BCUT2D eigenvalue weighted by Gasteiger charge is -2.21. The molecule has 0 unspecified atom stereocenters. The normalized spacial score (nSPS) is 11.7. The fourth-order valence-corrected chi connectivity index (χ4v) is 3.14. The lowest BCUT2D eigenvalue weighted by atomic mass is 9.98. The van der Waals surface area contributed by atoms with E-state index in [-0.39, 0.29) is 0 Å². The maximum absolute atomic E-state index is 4.54. The molecule has 158 valence electrons. The number of allylic oxidation sites excluding steroid dienone is 5. The van der Waals surface area contributed by atoms with Crippen molar-refractivity contribution in [2.75, 3.05) is 25.5 Å². The van der Waals surface area contributed by atoms with Gasteiger partial charge in [0.2, 0.25) is 0 Å². The standard InChI is InChI=1S/C27H35N3/c1-8-11-13-24(20-30(7)21(4)5)26-17-25(18-28-19-26)22-14-15-27(29(6)10-3)23(16-22)12-9-2/h8-9,11,13-21H,1-2,10,12H2,3-7H3/b13-11-,24-20+. The molecule has 0 aliphatic rings. The van der Waals surface area contributed by atoms with Crippen molar-refractivity contribution in [3.8, 4) is 11.1 Å². The van der Waals surface area contributed by atoms with Gasteiger partial charge in [-0.1, -0.05) is 36.9 Å². The average Bonchev–Trinajstić information content (AvgIpc) is 2.76. The van der Waals surface area contributed by atoms with E-state index in [0.29, 0.717) is 6.04 Å². The molecule has 1 heterocycles. The van der Waals surface area contributed by atoms with Crippen molar-refractivity contribution in [1.82, 2.24) is 9.88 Å². The van der Waals surface area contributed by atoms with Crippen LogP contribution in [-0.4, -0.2) is 36.6 Å². The quantitative estimate of drug-likeness (QED) is 0.341. The summed E-state index contributed by atoms with van der Waals surface area (Å²) < 4.78 is 0. The molecule has 1 aromatic carbocycles. The van der Waals surface area contributed by atoms with Crippen LogP contribution in [0.15, 0.2) is 80.3 Å². The molecular weight excluding hydrogens is 366 g/mol. The number of aromatic nitrogens is 1. The molecule has 0 aliphatic heterocycles. The van der Waals surface area contributed by atoms with Gasteiger partial charge in [0.1, 0.15) is 0 Å². The molecule has 0 saturated heterocycles. The second kappa shape index (κ2) is 11.2. The topological polar surface area (TPSA) is 19.4 Å². The number of hydrogen-bond donors (Lipinski definition) is 0. The molecule has 0 saturated carbocycles.